The van der Waals surface area contributed by atoms with E-state index in [2.05, 4.69) is 15.0 Å². The first-order valence-electron chi connectivity index (χ1n) is 6.24. The van der Waals surface area contributed by atoms with Gasteiger partial charge in [0.05, 0.1) is 5.69 Å². The summed E-state index contributed by atoms with van der Waals surface area (Å²) in [6, 6.07) is 9.60. The van der Waals surface area contributed by atoms with Crippen molar-refractivity contribution in [3.63, 3.8) is 0 Å². The van der Waals surface area contributed by atoms with Gasteiger partial charge < -0.3 is 5.11 Å². The summed E-state index contributed by atoms with van der Waals surface area (Å²) >= 11 is 1.30. The topological polar surface area (TPSA) is 111 Å². The van der Waals surface area contributed by atoms with Crippen LogP contribution in [0.5, 0.6) is 5.88 Å². The van der Waals surface area contributed by atoms with Crippen LogP contribution in [-0.2, 0) is 0 Å². The number of nitrogens with zero attached hydrogens (tertiary/aromatic N) is 2. The van der Waals surface area contributed by atoms with Crippen LogP contribution in [-0.4, -0.2) is 26.3 Å². The second kappa shape index (κ2) is 5.78. The minimum atomic E-state index is -0.778. The lowest BCUT2D eigenvalue weighted by molar-refractivity contribution is 0.447. The van der Waals surface area contributed by atoms with Crippen LogP contribution in [0.4, 0.5) is 5.13 Å². The third-order valence-corrected chi connectivity index (χ3v) is 3.57. The van der Waals surface area contributed by atoms with Crippen LogP contribution in [0.15, 0.2) is 50.3 Å². The molecule has 110 valence electrons. The summed E-state index contributed by atoms with van der Waals surface area (Å²) in [6.07, 6.45) is 1.16. The Bertz CT molecular complexity index is 940. The lowest BCUT2D eigenvalue weighted by atomic mass is 10.2. The fraction of sp³-hybridized carbons (Fsp3) is 0. The van der Waals surface area contributed by atoms with E-state index in [9.17, 15) is 14.7 Å². The van der Waals surface area contributed by atoms with E-state index in [-0.39, 0.29) is 5.56 Å². The maximum absolute atomic E-state index is 11.6. The highest BCUT2D eigenvalue weighted by Gasteiger charge is 2.07. The SMILES string of the molecule is O=c1[nH]c(O)c(C=Nc2nc(-c3ccccc3)cs2)c(=O)[nH]1. The lowest BCUT2D eigenvalue weighted by Crippen LogP contribution is -2.24. The second-order valence-electron chi connectivity index (χ2n) is 4.31. The fourth-order valence-electron chi connectivity index (χ4n) is 1.79. The van der Waals surface area contributed by atoms with Gasteiger partial charge in [0.25, 0.3) is 5.56 Å². The van der Waals surface area contributed by atoms with E-state index in [4.69, 9.17) is 0 Å². The van der Waals surface area contributed by atoms with E-state index in [0.717, 1.165) is 17.5 Å². The third-order valence-electron chi connectivity index (χ3n) is 2.82. The first kappa shape index (κ1) is 14.0. The van der Waals surface area contributed by atoms with Gasteiger partial charge in [-0.1, -0.05) is 30.3 Å². The van der Waals surface area contributed by atoms with E-state index in [1.54, 1.807) is 0 Å². The van der Waals surface area contributed by atoms with Crippen LogP contribution in [0.3, 0.4) is 0 Å². The molecule has 0 aliphatic heterocycles. The lowest BCUT2D eigenvalue weighted by Gasteiger charge is -1.95. The number of rotatable bonds is 3. The number of aromatic hydroxyl groups is 1. The molecule has 0 aliphatic rings. The molecule has 0 aliphatic carbocycles. The molecule has 0 fully saturated rings. The first-order chi connectivity index (χ1) is 10.6. The molecule has 2 heterocycles. The van der Waals surface area contributed by atoms with Crippen molar-refractivity contribution in [1.29, 1.82) is 0 Å². The van der Waals surface area contributed by atoms with Gasteiger partial charge in [-0.3, -0.25) is 14.8 Å². The van der Waals surface area contributed by atoms with Crippen molar-refractivity contribution in [2.45, 2.75) is 0 Å². The Morgan fingerprint density at radius 2 is 1.95 bits per heavy atom. The summed E-state index contributed by atoms with van der Waals surface area (Å²) in [6.45, 7) is 0. The standard InChI is InChI=1S/C14H10N4O3S/c19-11-9(12(20)18-13(21)17-11)6-15-14-16-10(7-22-14)8-4-2-1-3-5-8/h1-7H,(H3,17,18,19,20,21). The molecule has 0 amide bonds. The predicted octanol–water partition coefficient (Wildman–Crippen LogP) is 1.64. The monoisotopic (exact) mass is 314 g/mol. The number of aliphatic imine (C=N–C) groups is 1. The van der Waals surface area contributed by atoms with E-state index in [1.807, 2.05) is 40.7 Å². The molecule has 0 saturated heterocycles. The summed E-state index contributed by atoms with van der Waals surface area (Å²) < 4.78 is 0. The molecule has 0 saturated carbocycles. The normalized spacial score (nSPS) is 11.1. The van der Waals surface area contributed by atoms with E-state index < -0.39 is 17.1 Å². The first-order valence-corrected chi connectivity index (χ1v) is 7.12. The zero-order valence-corrected chi connectivity index (χ0v) is 11.9. The molecule has 0 bridgehead atoms. The zero-order valence-electron chi connectivity index (χ0n) is 11.1. The van der Waals surface area contributed by atoms with Gasteiger partial charge in [0.15, 0.2) is 0 Å². The van der Waals surface area contributed by atoms with Crippen LogP contribution < -0.4 is 11.2 Å². The van der Waals surface area contributed by atoms with Gasteiger partial charge in [-0.15, -0.1) is 11.3 Å². The van der Waals surface area contributed by atoms with E-state index in [1.165, 1.54) is 11.3 Å². The Hall–Kier alpha value is -3.00. The minimum absolute atomic E-state index is 0.129. The summed E-state index contributed by atoms with van der Waals surface area (Å²) in [5.41, 5.74) is 0.114. The Balaban J connectivity index is 1.90. The number of H-pyrrole nitrogens is 2. The van der Waals surface area contributed by atoms with Gasteiger partial charge in [-0.2, -0.15) is 0 Å². The summed E-state index contributed by atoms with van der Waals surface area (Å²) in [7, 11) is 0. The number of benzene rings is 1. The average Bonchev–Trinajstić information content (AvgIpc) is 2.96. The van der Waals surface area contributed by atoms with Crippen LogP contribution in [0, 0.1) is 0 Å². The number of hydrogen-bond acceptors (Lipinski definition) is 6. The molecule has 8 heteroatoms. The average molecular weight is 314 g/mol. The molecule has 3 aromatic rings. The molecule has 0 atom stereocenters. The van der Waals surface area contributed by atoms with Gasteiger partial charge in [-0.25, -0.2) is 14.8 Å². The number of aromatic amines is 2. The van der Waals surface area contributed by atoms with Crippen molar-refractivity contribution < 1.29 is 5.11 Å². The van der Waals surface area contributed by atoms with Gasteiger partial charge in [0.1, 0.15) is 5.56 Å². The molecule has 7 nitrogen and oxygen atoms in total. The number of nitrogens with one attached hydrogen (secondary N) is 2. The molecule has 3 rings (SSSR count). The van der Waals surface area contributed by atoms with Gasteiger partial charge in [-0.05, 0) is 0 Å². The fourth-order valence-corrected chi connectivity index (χ4v) is 2.46. The third kappa shape index (κ3) is 2.86. The van der Waals surface area contributed by atoms with Crippen molar-refractivity contribution in [1.82, 2.24) is 15.0 Å². The Labute approximate surface area is 127 Å². The molecular formula is C14H10N4O3S. The highest BCUT2D eigenvalue weighted by Crippen LogP contribution is 2.26. The molecule has 3 N–H and O–H groups in total. The number of thiazole rings is 1. The highest BCUT2D eigenvalue weighted by molar-refractivity contribution is 7.13. The summed E-state index contributed by atoms with van der Waals surface area (Å²) in [5.74, 6) is -0.530. The minimum Gasteiger partial charge on any atom is -0.494 e. The predicted molar refractivity (Wildman–Crippen MR) is 84.2 cm³/mol. The second-order valence-corrected chi connectivity index (χ2v) is 5.15. The Kier molecular flexibility index (Phi) is 3.67. The Morgan fingerprint density at radius 1 is 1.18 bits per heavy atom. The smallest absolute Gasteiger partial charge is 0.328 e. The number of aromatic nitrogens is 3. The maximum Gasteiger partial charge on any atom is 0.328 e. The van der Waals surface area contributed by atoms with Crippen LogP contribution >= 0.6 is 11.3 Å². The molecule has 1 aromatic carbocycles. The molecule has 0 spiro atoms. The zero-order chi connectivity index (χ0) is 15.5. The van der Waals surface area contributed by atoms with E-state index >= 15 is 0 Å². The van der Waals surface area contributed by atoms with Crippen LogP contribution in [0.1, 0.15) is 5.56 Å². The van der Waals surface area contributed by atoms with Crippen molar-refractivity contribution >= 4 is 22.7 Å². The molecule has 0 unspecified atom stereocenters. The molecule has 2 aromatic heterocycles. The highest BCUT2D eigenvalue weighted by atomic mass is 32.1. The Morgan fingerprint density at radius 3 is 2.68 bits per heavy atom. The molecular weight excluding hydrogens is 304 g/mol. The van der Waals surface area contributed by atoms with Crippen LogP contribution in [0.25, 0.3) is 11.3 Å². The van der Waals surface area contributed by atoms with E-state index in [0.29, 0.717) is 5.13 Å². The van der Waals surface area contributed by atoms with Gasteiger partial charge >= 0.3 is 5.69 Å². The maximum atomic E-state index is 11.6. The molecule has 0 radical (unpaired) electrons. The van der Waals surface area contributed by atoms with Crippen LogP contribution in [0.2, 0.25) is 0 Å². The molecule has 22 heavy (non-hydrogen) atoms. The summed E-state index contributed by atoms with van der Waals surface area (Å²) in [4.78, 5) is 35.0. The van der Waals surface area contributed by atoms with Gasteiger partial charge in [0, 0.05) is 17.2 Å². The largest absolute Gasteiger partial charge is 0.494 e. The van der Waals surface area contributed by atoms with Crippen molar-refractivity contribution in [3.05, 3.63) is 62.1 Å². The van der Waals surface area contributed by atoms with Crippen molar-refractivity contribution in [2.24, 2.45) is 4.99 Å². The quantitative estimate of drug-likeness (QED) is 0.638. The van der Waals surface area contributed by atoms with Crippen molar-refractivity contribution in [2.75, 3.05) is 0 Å². The summed E-state index contributed by atoms with van der Waals surface area (Å²) in [5, 5.41) is 11.8. The number of hydrogen-bond donors (Lipinski definition) is 3. The van der Waals surface area contributed by atoms with Gasteiger partial charge in [0.2, 0.25) is 11.0 Å². The van der Waals surface area contributed by atoms with Crippen molar-refractivity contribution in [3.8, 4) is 17.1 Å².